The van der Waals surface area contributed by atoms with Crippen molar-refractivity contribution in [3.05, 3.63) is 145 Å². The number of hydrogen-bond acceptors (Lipinski definition) is 0. The van der Waals surface area contributed by atoms with Crippen molar-refractivity contribution in [1.82, 2.24) is 0 Å². The normalized spacial score (nSPS) is 14.4. The molecular formula is C66H80F12P4. The third-order valence-corrected chi connectivity index (χ3v) is 25.8. The van der Waals surface area contributed by atoms with Crippen molar-refractivity contribution in [2.24, 2.45) is 0 Å². The third-order valence-electron chi connectivity index (χ3n) is 16.2. The molecule has 0 saturated heterocycles. The first-order valence-electron chi connectivity index (χ1n) is 29.3. The van der Waals surface area contributed by atoms with Crippen LogP contribution >= 0.6 is 30.1 Å². The summed E-state index contributed by atoms with van der Waals surface area (Å²) >= 11 is 0. The summed E-state index contributed by atoms with van der Waals surface area (Å²) in [5.74, 6) is 0. The van der Waals surface area contributed by atoms with Crippen LogP contribution < -0.4 is 0 Å². The molecule has 0 bridgehead atoms. The van der Waals surface area contributed by atoms with Crippen LogP contribution in [0.3, 0.4) is 0 Å². The third kappa shape index (κ3) is 17.9. The van der Waals surface area contributed by atoms with Gasteiger partial charge in [-0.25, -0.2) is 0 Å². The van der Waals surface area contributed by atoms with E-state index in [0.29, 0.717) is 0 Å². The summed E-state index contributed by atoms with van der Waals surface area (Å²) in [5, 5.41) is 22.9. The Labute approximate surface area is 477 Å². The van der Waals surface area contributed by atoms with Crippen molar-refractivity contribution < 1.29 is 50.4 Å². The molecule has 10 aromatic carbocycles. The molecule has 0 unspecified atom stereocenters. The van der Waals surface area contributed by atoms with Gasteiger partial charge in [0.1, 0.15) is 0 Å². The zero-order valence-electron chi connectivity index (χ0n) is 48.2. The van der Waals surface area contributed by atoms with E-state index >= 15 is 0 Å². The molecule has 448 valence electrons. The molecule has 0 aliphatic heterocycles. The Morgan fingerprint density at radius 3 is 0.683 bits per heavy atom. The monoisotopic (exact) mass is 1220 g/mol. The van der Waals surface area contributed by atoms with Crippen LogP contribution in [0.1, 0.15) is 130 Å². The summed E-state index contributed by atoms with van der Waals surface area (Å²) in [7, 11) is -23.3. The molecular weight excluding hydrogens is 1140 g/mol. The fraction of sp³-hybridized carbons (Fsp3) is 0.394. The molecule has 10 aromatic rings. The van der Waals surface area contributed by atoms with Crippen molar-refractivity contribution in [1.29, 1.82) is 0 Å². The van der Waals surface area contributed by atoms with E-state index in [-0.39, 0.29) is 0 Å². The molecule has 0 saturated carbocycles. The summed E-state index contributed by atoms with van der Waals surface area (Å²) in [6.45, 7) is 14.2. The zero-order valence-corrected chi connectivity index (χ0v) is 51.7. The maximum absolute atomic E-state index is 10.7. The molecule has 0 nitrogen and oxygen atoms in total. The van der Waals surface area contributed by atoms with Gasteiger partial charge in [-0.1, -0.05) is 214 Å². The number of hydrogen-bond donors (Lipinski definition) is 0. The molecule has 0 N–H and O–H groups in total. The number of fused-ring (bicyclic) bond motifs is 4. The Balaban J connectivity index is 0.000000192. The van der Waals surface area contributed by atoms with Gasteiger partial charge in [-0.15, -0.1) is 0 Å². The van der Waals surface area contributed by atoms with E-state index in [2.05, 4.69) is 175 Å². The Kier molecular flexibility index (Phi) is 19.5. The van der Waals surface area contributed by atoms with Crippen LogP contribution in [0.5, 0.6) is 0 Å². The number of benzene rings is 10. The average molecular weight is 1230 g/mol. The van der Waals surface area contributed by atoms with Gasteiger partial charge in [0, 0.05) is 14.5 Å². The van der Waals surface area contributed by atoms with Crippen LogP contribution in [0.15, 0.2) is 133 Å². The summed E-state index contributed by atoms with van der Waals surface area (Å²) in [4.78, 5) is 0. The summed E-state index contributed by atoms with van der Waals surface area (Å²) < 4.78 is 118. The molecule has 0 fully saturated rings. The first kappa shape index (κ1) is 65.2. The molecule has 0 aromatic heterocycles. The van der Waals surface area contributed by atoms with Gasteiger partial charge in [-0.2, -0.15) is 0 Å². The van der Waals surface area contributed by atoms with Crippen molar-refractivity contribution in [2.75, 3.05) is 37.0 Å². The second kappa shape index (κ2) is 24.6. The minimum absolute atomic E-state index is 1.00. The Morgan fingerprint density at radius 2 is 0.451 bits per heavy atom. The van der Waals surface area contributed by atoms with Gasteiger partial charge in [-0.05, 0) is 136 Å². The predicted molar refractivity (Wildman–Crippen MR) is 342 cm³/mol. The summed E-state index contributed by atoms with van der Waals surface area (Å²) in [6, 6.07) is 51.4. The second-order valence-electron chi connectivity index (χ2n) is 22.8. The predicted octanol–water partition coefficient (Wildman–Crippen LogP) is 28.1. The van der Waals surface area contributed by atoms with Gasteiger partial charge in [0.2, 0.25) is 0 Å². The first-order chi connectivity index (χ1) is 38.3. The van der Waals surface area contributed by atoms with Crippen LogP contribution in [-0.2, 0) is 12.3 Å². The van der Waals surface area contributed by atoms with E-state index in [9.17, 15) is 50.4 Å². The van der Waals surface area contributed by atoms with Crippen molar-refractivity contribution in [3.63, 3.8) is 0 Å². The van der Waals surface area contributed by atoms with Crippen LogP contribution in [0, 0.1) is 0 Å². The standard InChI is InChI=1S/2C33H40P.2F6P/c2*1-4-7-21-34(22-8-5-2,23-9-6-3)24-26-19-20-31-29-17-11-14-25-13-10-16-28(32(25)29)30-18-12-15-27(26)33(30)31;2*1-7(2,3,4,5)6/h2*10-20H,4-9,21-24H2,1-3H3;;/q2*+1;2*-1. The molecule has 10 rings (SSSR count). The van der Waals surface area contributed by atoms with Gasteiger partial charge in [0.25, 0.3) is 0 Å². The number of unbranched alkanes of at least 4 members (excludes halogenated alkanes) is 6. The van der Waals surface area contributed by atoms with E-state index in [1.807, 2.05) is 0 Å². The molecule has 0 amide bonds. The van der Waals surface area contributed by atoms with E-state index in [1.54, 1.807) is 11.1 Å². The fourth-order valence-electron chi connectivity index (χ4n) is 12.5. The molecule has 82 heavy (non-hydrogen) atoms. The minimum atomic E-state index is -10.7. The fourth-order valence-corrected chi connectivity index (χ4v) is 22.7. The number of halogens is 12. The van der Waals surface area contributed by atoms with Gasteiger partial charge in [-0.3, -0.25) is 0 Å². The first-order valence-corrected chi connectivity index (χ1v) is 38.4. The topological polar surface area (TPSA) is 0 Å². The molecule has 0 radical (unpaired) electrons. The Hall–Kier alpha value is -4.32. The van der Waals surface area contributed by atoms with Crippen LogP contribution in [0.2, 0.25) is 0 Å². The molecule has 0 aliphatic carbocycles. The second-order valence-corrected chi connectivity index (χ2v) is 35.3. The van der Waals surface area contributed by atoms with Gasteiger partial charge in [0.05, 0.1) is 49.3 Å². The average Bonchev–Trinajstić information content (AvgIpc) is 3.47. The van der Waals surface area contributed by atoms with E-state index in [4.69, 9.17) is 0 Å². The maximum atomic E-state index is 9.87. The van der Waals surface area contributed by atoms with Crippen LogP contribution in [-0.4, -0.2) is 37.0 Å². The summed E-state index contributed by atoms with van der Waals surface area (Å²) in [5.41, 5.74) is 3.23. The molecule has 0 heterocycles. The van der Waals surface area contributed by atoms with Crippen molar-refractivity contribution in [3.8, 4) is 0 Å². The SMILES string of the molecule is CCCC[P+](CCCC)(CCCC)Cc1ccc2c3cccc4cccc(c5cccc1c52)c43.CCCC[P+](CCCC)(CCCC)Cc1ccc2c3cccc4cccc(c5cccc1c52)c43.F[P-](F)(F)(F)(F)F.F[P-](F)(F)(F)(F)F. The Morgan fingerprint density at radius 1 is 0.256 bits per heavy atom. The zero-order chi connectivity index (χ0) is 59.9. The van der Waals surface area contributed by atoms with Crippen molar-refractivity contribution in [2.45, 2.75) is 131 Å². The quantitative estimate of drug-likeness (QED) is 0.0275. The Bertz CT molecular complexity index is 3340. The van der Waals surface area contributed by atoms with E-state index < -0.39 is 30.1 Å². The number of rotatable bonds is 22. The molecule has 0 spiro atoms. The molecule has 16 heteroatoms. The van der Waals surface area contributed by atoms with Gasteiger partial charge >= 0.3 is 66.0 Å². The van der Waals surface area contributed by atoms with Crippen molar-refractivity contribution >= 4 is 116 Å². The molecule has 0 atom stereocenters. The van der Waals surface area contributed by atoms with Gasteiger partial charge in [0.15, 0.2) is 0 Å². The summed E-state index contributed by atoms with van der Waals surface area (Å²) in [6.07, 6.45) is 27.9. The van der Waals surface area contributed by atoms with E-state index in [0.717, 1.165) is 0 Å². The molecule has 0 aliphatic rings. The van der Waals surface area contributed by atoms with Gasteiger partial charge < -0.3 is 0 Å². The van der Waals surface area contributed by atoms with Crippen LogP contribution in [0.25, 0.3) is 86.2 Å². The van der Waals surface area contributed by atoms with E-state index in [1.165, 1.54) is 213 Å². The van der Waals surface area contributed by atoms with Crippen LogP contribution in [0.4, 0.5) is 50.4 Å².